The van der Waals surface area contributed by atoms with Crippen LogP contribution in [0.5, 0.6) is 5.75 Å². The molecule has 3 N–H and O–H groups in total. The third-order valence-corrected chi connectivity index (χ3v) is 8.45. The predicted octanol–water partition coefficient (Wildman–Crippen LogP) is 6.69. The monoisotopic (exact) mass is 616 g/mol. The maximum atomic E-state index is 14.5. The molecule has 2 unspecified atom stereocenters. The lowest BCUT2D eigenvalue weighted by molar-refractivity contribution is -0.122. The number of anilines is 1. The summed E-state index contributed by atoms with van der Waals surface area (Å²) in [4.78, 5) is 28.5. The molecule has 0 radical (unpaired) electrons. The van der Waals surface area contributed by atoms with Gasteiger partial charge in [-0.2, -0.15) is 0 Å². The molecule has 5 nitrogen and oxygen atoms in total. The largest absolute Gasteiger partial charge is 0.508 e. The van der Waals surface area contributed by atoms with E-state index in [1.165, 1.54) is 12.1 Å². The number of hydrogen-bond donors (Lipinski definition) is 3. The molecular weight excluding hydrogens is 596 g/mol. The molecule has 1 saturated heterocycles. The second-order valence-electron chi connectivity index (χ2n) is 9.45. The number of halogens is 2. The Kier molecular flexibility index (Phi) is 6.02. The van der Waals surface area contributed by atoms with Gasteiger partial charge in [-0.15, -0.1) is 0 Å². The fraction of sp³-hybridized carbons (Fsp3) is 0.133. The number of aromatic hydroxyl groups is 1. The SMILES string of the molecule is O=C(c1ccc(O)cc1)C1[C@H](c2ccc(Br)cc2)[C@@H](c2ccccc2)NC12C(=O)Nc1ccc(Br)cc12. The van der Waals surface area contributed by atoms with Crippen molar-refractivity contribution in [2.75, 3.05) is 5.32 Å². The third kappa shape index (κ3) is 3.93. The fourth-order valence-corrected chi connectivity index (χ4v) is 6.44. The van der Waals surface area contributed by atoms with E-state index in [-0.39, 0.29) is 29.4 Å². The third-order valence-electron chi connectivity index (χ3n) is 7.43. The van der Waals surface area contributed by atoms with E-state index < -0.39 is 11.5 Å². The molecule has 0 aromatic heterocycles. The minimum absolute atomic E-state index is 0.0790. The summed E-state index contributed by atoms with van der Waals surface area (Å²) in [6, 6.07) is 29.5. The summed E-state index contributed by atoms with van der Waals surface area (Å²) in [7, 11) is 0. The van der Waals surface area contributed by atoms with Crippen LogP contribution in [0, 0.1) is 5.92 Å². The number of hydrogen-bond acceptors (Lipinski definition) is 4. The Morgan fingerprint density at radius 1 is 0.811 bits per heavy atom. The highest BCUT2D eigenvalue weighted by Gasteiger charge is 2.64. The van der Waals surface area contributed by atoms with Crippen LogP contribution in [0.4, 0.5) is 5.69 Å². The molecule has 7 heteroatoms. The molecule has 0 saturated carbocycles. The summed E-state index contributed by atoms with van der Waals surface area (Å²) in [6.07, 6.45) is 0. The zero-order valence-corrected chi connectivity index (χ0v) is 22.7. The van der Waals surface area contributed by atoms with E-state index in [1.54, 1.807) is 12.1 Å². The molecule has 0 aliphatic carbocycles. The van der Waals surface area contributed by atoms with Crippen molar-refractivity contribution in [2.45, 2.75) is 17.5 Å². The van der Waals surface area contributed by atoms with Crippen LogP contribution in [0.15, 0.2) is 106 Å². The van der Waals surface area contributed by atoms with Crippen LogP contribution in [0.25, 0.3) is 0 Å². The Bertz CT molecular complexity index is 1510. The normalized spacial score (nSPS) is 24.2. The molecule has 4 aromatic rings. The molecule has 184 valence electrons. The first-order valence-electron chi connectivity index (χ1n) is 11.9. The van der Waals surface area contributed by atoms with Gasteiger partial charge in [0, 0.05) is 37.7 Å². The van der Waals surface area contributed by atoms with Crippen LogP contribution in [-0.4, -0.2) is 16.8 Å². The second-order valence-corrected chi connectivity index (χ2v) is 11.3. The number of benzene rings is 4. The first kappa shape index (κ1) is 24.1. The number of fused-ring (bicyclic) bond motifs is 2. The Labute approximate surface area is 231 Å². The number of Topliss-reactive ketones (excluding diaryl/α,β-unsaturated/α-hetero) is 1. The quantitative estimate of drug-likeness (QED) is 0.223. The van der Waals surface area contributed by atoms with Crippen molar-refractivity contribution in [1.29, 1.82) is 0 Å². The van der Waals surface area contributed by atoms with Gasteiger partial charge in [0.1, 0.15) is 11.3 Å². The van der Waals surface area contributed by atoms with Crippen LogP contribution in [0.3, 0.4) is 0 Å². The van der Waals surface area contributed by atoms with E-state index in [9.17, 15) is 14.7 Å². The van der Waals surface area contributed by atoms with Crippen molar-refractivity contribution >= 4 is 49.2 Å². The molecule has 1 amide bonds. The zero-order valence-electron chi connectivity index (χ0n) is 19.5. The summed E-state index contributed by atoms with van der Waals surface area (Å²) in [5.41, 5.74) is 2.52. The van der Waals surface area contributed by atoms with Crippen LogP contribution in [0.2, 0.25) is 0 Å². The van der Waals surface area contributed by atoms with E-state index in [4.69, 9.17) is 0 Å². The lowest BCUT2D eigenvalue weighted by Crippen LogP contribution is -2.50. The van der Waals surface area contributed by atoms with Gasteiger partial charge < -0.3 is 10.4 Å². The number of carbonyl (C=O) groups excluding carboxylic acids is 2. The summed E-state index contributed by atoms with van der Waals surface area (Å²) < 4.78 is 1.76. The number of phenols is 1. The van der Waals surface area contributed by atoms with Crippen LogP contribution < -0.4 is 10.6 Å². The van der Waals surface area contributed by atoms with E-state index in [1.807, 2.05) is 72.8 Å². The first-order chi connectivity index (χ1) is 17.9. The standard InChI is InChI=1S/C30H22Br2N2O3/c31-20-10-6-17(7-11-20)25-26(28(36)19-8-13-22(35)14-9-19)30(34-27(25)18-4-2-1-3-5-18)23-16-21(32)12-15-24(23)33-29(30)37/h1-16,25-27,34-35H,(H,33,37)/t25-,26?,27+,30?/m0/s1. The van der Waals surface area contributed by atoms with E-state index in [0.29, 0.717) is 11.3 Å². The van der Waals surface area contributed by atoms with Crippen LogP contribution in [-0.2, 0) is 10.3 Å². The average molecular weight is 618 g/mol. The highest BCUT2D eigenvalue weighted by atomic mass is 79.9. The smallest absolute Gasteiger partial charge is 0.250 e. The molecular formula is C30H22Br2N2O3. The lowest BCUT2D eigenvalue weighted by Gasteiger charge is -2.31. The van der Waals surface area contributed by atoms with E-state index in [0.717, 1.165) is 25.6 Å². The lowest BCUT2D eigenvalue weighted by atomic mass is 9.69. The highest BCUT2D eigenvalue weighted by Crippen LogP contribution is 2.57. The van der Waals surface area contributed by atoms with Gasteiger partial charge in [-0.1, -0.05) is 74.3 Å². The van der Waals surface area contributed by atoms with Crippen molar-refractivity contribution in [2.24, 2.45) is 5.92 Å². The van der Waals surface area contributed by atoms with Crippen molar-refractivity contribution in [3.05, 3.63) is 128 Å². The molecule has 2 heterocycles. The Balaban J connectivity index is 1.63. The van der Waals surface area contributed by atoms with Gasteiger partial charge in [0.15, 0.2) is 5.78 Å². The van der Waals surface area contributed by atoms with Crippen LogP contribution in [0.1, 0.15) is 39.0 Å². The Morgan fingerprint density at radius 2 is 1.49 bits per heavy atom. The molecule has 6 rings (SSSR count). The minimum atomic E-state index is -1.30. The number of rotatable bonds is 4. The van der Waals surface area contributed by atoms with Crippen molar-refractivity contribution < 1.29 is 14.7 Å². The minimum Gasteiger partial charge on any atom is -0.508 e. The van der Waals surface area contributed by atoms with Crippen molar-refractivity contribution in [1.82, 2.24) is 5.32 Å². The molecule has 4 atom stereocenters. The predicted molar refractivity (Wildman–Crippen MR) is 150 cm³/mol. The number of phenolic OH excluding ortho intramolecular Hbond substituents is 1. The van der Waals surface area contributed by atoms with Gasteiger partial charge in [-0.05, 0) is 65.7 Å². The van der Waals surface area contributed by atoms with Crippen molar-refractivity contribution in [3.63, 3.8) is 0 Å². The molecule has 4 aromatic carbocycles. The summed E-state index contributed by atoms with van der Waals surface area (Å²) in [5.74, 6) is -1.46. The van der Waals surface area contributed by atoms with Gasteiger partial charge in [-0.3, -0.25) is 14.9 Å². The molecule has 0 bridgehead atoms. The van der Waals surface area contributed by atoms with Crippen molar-refractivity contribution in [3.8, 4) is 5.75 Å². The fourth-order valence-electron chi connectivity index (χ4n) is 5.82. The molecule has 2 aliphatic rings. The van der Waals surface area contributed by atoms with Gasteiger partial charge >= 0.3 is 0 Å². The Morgan fingerprint density at radius 3 is 2.19 bits per heavy atom. The Hall–Kier alpha value is -3.26. The number of amides is 1. The topological polar surface area (TPSA) is 78.4 Å². The average Bonchev–Trinajstić information content (AvgIpc) is 3.40. The van der Waals surface area contributed by atoms with Crippen LogP contribution >= 0.6 is 31.9 Å². The van der Waals surface area contributed by atoms with Gasteiger partial charge in [0.05, 0.1) is 5.92 Å². The molecule has 2 aliphatic heterocycles. The summed E-state index contributed by atoms with van der Waals surface area (Å²) in [5, 5.41) is 16.6. The van der Waals surface area contributed by atoms with Gasteiger partial charge in [0.25, 0.3) is 0 Å². The molecule has 1 spiro atoms. The van der Waals surface area contributed by atoms with E-state index >= 15 is 0 Å². The molecule has 1 fully saturated rings. The maximum absolute atomic E-state index is 14.5. The number of carbonyl (C=O) groups is 2. The zero-order chi connectivity index (χ0) is 25.7. The molecule has 37 heavy (non-hydrogen) atoms. The summed E-state index contributed by atoms with van der Waals surface area (Å²) >= 11 is 7.09. The summed E-state index contributed by atoms with van der Waals surface area (Å²) in [6.45, 7) is 0. The highest BCUT2D eigenvalue weighted by molar-refractivity contribution is 9.10. The van der Waals surface area contributed by atoms with Gasteiger partial charge in [-0.25, -0.2) is 0 Å². The maximum Gasteiger partial charge on any atom is 0.250 e. The second kappa shape index (κ2) is 9.24. The number of nitrogens with one attached hydrogen (secondary N) is 2. The van der Waals surface area contributed by atoms with E-state index in [2.05, 4.69) is 42.5 Å². The van der Waals surface area contributed by atoms with Gasteiger partial charge in [0.2, 0.25) is 5.91 Å². The number of ketones is 1. The first-order valence-corrected chi connectivity index (χ1v) is 13.5.